The summed E-state index contributed by atoms with van der Waals surface area (Å²) in [6, 6.07) is 13.7. The second kappa shape index (κ2) is 10.3. The van der Waals surface area contributed by atoms with Gasteiger partial charge in [0, 0.05) is 23.0 Å². The van der Waals surface area contributed by atoms with Crippen LogP contribution in [0.3, 0.4) is 0 Å². The van der Waals surface area contributed by atoms with Crippen molar-refractivity contribution in [2.24, 2.45) is 0 Å². The molecule has 0 unspecified atom stereocenters. The summed E-state index contributed by atoms with van der Waals surface area (Å²) in [4.78, 5) is 24.8. The molecule has 2 aromatic carbocycles. The minimum Gasteiger partial charge on any atom is -0.486 e. The summed E-state index contributed by atoms with van der Waals surface area (Å²) in [5.74, 6) is 0.134. The zero-order chi connectivity index (χ0) is 25.9. The zero-order valence-electron chi connectivity index (χ0n) is 19.7. The number of rotatable bonds is 7. The van der Waals surface area contributed by atoms with Crippen molar-refractivity contribution in [2.75, 3.05) is 13.2 Å². The van der Waals surface area contributed by atoms with Crippen molar-refractivity contribution in [1.29, 1.82) is 0 Å². The molecule has 0 spiro atoms. The van der Waals surface area contributed by atoms with Gasteiger partial charge < -0.3 is 18.8 Å². The van der Waals surface area contributed by atoms with E-state index in [9.17, 15) is 22.8 Å². The van der Waals surface area contributed by atoms with Crippen LogP contribution >= 0.6 is 0 Å². The molecule has 1 aliphatic rings. The van der Waals surface area contributed by atoms with Gasteiger partial charge >= 0.3 is 12.1 Å². The third kappa shape index (κ3) is 5.79. The van der Waals surface area contributed by atoms with E-state index >= 15 is 0 Å². The molecule has 2 heterocycles. The molecule has 4 rings (SSSR count). The number of Topliss-reactive ketones (excluding diaryl/α,β-unsaturated/α-hetero) is 1. The fraction of sp³-hybridized carbons (Fsp3) is 0.259. The first-order chi connectivity index (χ1) is 17.1. The predicted molar refractivity (Wildman–Crippen MR) is 126 cm³/mol. The highest BCUT2D eigenvalue weighted by atomic mass is 19.4. The number of alkyl halides is 3. The molecule has 3 aromatic rings. The fourth-order valence-corrected chi connectivity index (χ4v) is 3.97. The minimum atomic E-state index is -4.48. The molecule has 1 aromatic heterocycles. The number of hydrogen-bond donors (Lipinski definition) is 0. The van der Waals surface area contributed by atoms with E-state index in [-0.39, 0.29) is 17.5 Å². The summed E-state index contributed by atoms with van der Waals surface area (Å²) in [7, 11) is 0. The average Bonchev–Trinajstić information content (AvgIpc) is 3.14. The molecule has 188 valence electrons. The minimum absolute atomic E-state index is 0.188. The molecule has 0 saturated heterocycles. The number of ether oxygens (including phenoxy) is 3. The maximum Gasteiger partial charge on any atom is 0.416 e. The van der Waals surface area contributed by atoms with Gasteiger partial charge in [-0.2, -0.15) is 13.2 Å². The zero-order valence-corrected chi connectivity index (χ0v) is 19.7. The molecule has 1 aliphatic heterocycles. The van der Waals surface area contributed by atoms with Gasteiger partial charge in [0.05, 0.1) is 12.1 Å². The topological polar surface area (TPSA) is 66.8 Å². The van der Waals surface area contributed by atoms with E-state index < -0.39 is 24.3 Å². The molecule has 0 N–H and O–H groups in total. The molecule has 0 amide bonds. The largest absolute Gasteiger partial charge is 0.486 e. The number of ketones is 1. The van der Waals surface area contributed by atoms with E-state index in [2.05, 4.69) is 0 Å². The summed E-state index contributed by atoms with van der Waals surface area (Å²) in [6.07, 6.45) is -2.53. The van der Waals surface area contributed by atoms with Crippen molar-refractivity contribution >= 4 is 17.8 Å². The summed E-state index contributed by atoms with van der Waals surface area (Å²) >= 11 is 0. The number of hydrogen-bond acceptors (Lipinski definition) is 5. The summed E-state index contributed by atoms with van der Waals surface area (Å²) in [5, 5.41) is 0. The summed E-state index contributed by atoms with van der Waals surface area (Å²) in [5.41, 5.74) is 1.33. The predicted octanol–water partition coefficient (Wildman–Crippen LogP) is 5.40. The highest BCUT2D eigenvalue weighted by Gasteiger charge is 2.30. The molecule has 0 bridgehead atoms. The maximum absolute atomic E-state index is 12.8. The van der Waals surface area contributed by atoms with Crippen molar-refractivity contribution < 1.29 is 37.0 Å². The van der Waals surface area contributed by atoms with Gasteiger partial charge in [-0.15, -0.1) is 0 Å². The van der Waals surface area contributed by atoms with Gasteiger partial charge in [0.25, 0.3) is 0 Å². The Bertz CT molecular complexity index is 1310. The van der Waals surface area contributed by atoms with Crippen LogP contribution in [-0.2, 0) is 22.3 Å². The first-order valence-electron chi connectivity index (χ1n) is 11.2. The highest BCUT2D eigenvalue weighted by molar-refractivity contribution is 6.00. The molecule has 0 fully saturated rings. The van der Waals surface area contributed by atoms with E-state index in [4.69, 9.17) is 14.2 Å². The normalized spacial score (nSPS) is 15.2. The lowest BCUT2D eigenvalue weighted by atomic mass is 10.1. The van der Waals surface area contributed by atoms with Crippen LogP contribution in [0.4, 0.5) is 13.2 Å². The van der Waals surface area contributed by atoms with Crippen molar-refractivity contribution in [3.63, 3.8) is 0 Å². The molecule has 6 nitrogen and oxygen atoms in total. The lowest BCUT2D eigenvalue weighted by molar-refractivity contribution is -0.138. The molecular weight excluding hydrogens is 475 g/mol. The Morgan fingerprint density at radius 3 is 2.58 bits per heavy atom. The van der Waals surface area contributed by atoms with Crippen LogP contribution < -0.4 is 9.47 Å². The van der Waals surface area contributed by atoms with Crippen LogP contribution in [0.15, 0.2) is 60.7 Å². The Balaban J connectivity index is 1.35. The molecule has 0 aliphatic carbocycles. The third-order valence-electron chi connectivity index (χ3n) is 5.80. The number of carbonyl (C=O) groups excluding carboxylic acids is 2. The van der Waals surface area contributed by atoms with Gasteiger partial charge in [-0.05, 0) is 55.8 Å². The number of carbonyl (C=O) groups is 2. The van der Waals surface area contributed by atoms with Gasteiger partial charge in [0.2, 0.25) is 5.78 Å². The first-order valence-corrected chi connectivity index (χ1v) is 11.2. The molecule has 36 heavy (non-hydrogen) atoms. The molecule has 0 radical (unpaired) electrons. The number of para-hydroxylation sites is 2. The Labute approximate surface area is 205 Å². The number of aromatic nitrogens is 1. The second-order valence-corrected chi connectivity index (χ2v) is 8.38. The lowest BCUT2D eigenvalue weighted by Crippen LogP contribution is -2.33. The van der Waals surface area contributed by atoms with Crippen molar-refractivity contribution in [3.05, 3.63) is 88.8 Å². The van der Waals surface area contributed by atoms with Gasteiger partial charge in [0.15, 0.2) is 24.2 Å². The standard InChI is InChI=1S/C27H24F3NO5/c1-17-12-22(18(2)31(17)14-21-15-34-24-8-3-4-9-25(24)36-21)23(32)16-35-26(33)11-10-19-6-5-7-20(13-19)27(28,29)30/h3-13,21H,14-16H2,1-2H3/b11-10+/t21-/m0/s1. The number of fused-ring (bicyclic) bond motifs is 1. The van der Waals surface area contributed by atoms with Crippen LogP contribution in [0, 0.1) is 13.8 Å². The summed E-state index contributed by atoms with van der Waals surface area (Å²) < 4.78 is 57.2. The maximum atomic E-state index is 12.8. The van der Waals surface area contributed by atoms with Crippen LogP contribution in [0.5, 0.6) is 11.5 Å². The average molecular weight is 499 g/mol. The molecule has 9 heteroatoms. The van der Waals surface area contributed by atoms with E-state index in [1.807, 2.05) is 35.8 Å². The highest BCUT2D eigenvalue weighted by Crippen LogP contribution is 2.32. The van der Waals surface area contributed by atoms with E-state index in [1.165, 1.54) is 18.2 Å². The molecular formula is C27H24F3NO5. The fourth-order valence-electron chi connectivity index (χ4n) is 3.97. The summed E-state index contributed by atoms with van der Waals surface area (Å²) in [6.45, 7) is 4.01. The Hall–Kier alpha value is -4.01. The van der Waals surface area contributed by atoms with Crippen LogP contribution in [0.1, 0.15) is 32.9 Å². The van der Waals surface area contributed by atoms with Crippen molar-refractivity contribution in [3.8, 4) is 11.5 Å². The monoisotopic (exact) mass is 499 g/mol. The van der Waals surface area contributed by atoms with E-state index in [1.54, 1.807) is 13.0 Å². The van der Waals surface area contributed by atoms with Crippen LogP contribution in [0.25, 0.3) is 6.08 Å². The van der Waals surface area contributed by atoms with Gasteiger partial charge in [-0.1, -0.05) is 24.3 Å². The number of nitrogens with zero attached hydrogens (tertiary/aromatic N) is 1. The SMILES string of the molecule is Cc1cc(C(=O)COC(=O)/C=C/c2cccc(C(F)(F)F)c2)c(C)n1C[C@H]1COc2ccccc2O1. The Kier molecular flexibility index (Phi) is 7.19. The van der Waals surface area contributed by atoms with E-state index in [0.717, 1.165) is 23.9 Å². The lowest BCUT2D eigenvalue weighted by Gasteiger charge is -2.27. The van der Waals surface area contributed by atoms with Gasteiger partial charge in [-0.3, -0.25) is 4.79 Å². The van der Waals surface area contributed by atoms with Gasteiger partial charge in [0.1, 0.15) is 6.61 Å². The molecule has 0 saturated carbocycles. The van der Waals surface area contributed by atoms with Gasteiger partial charge in [-0.25, -0.2) is 4.79 Å². The third-order valence-corrected chi connectivity index (χ3v) is 5.80. The van der Waals surface area contributed by atoms with Crippen molar-refractivity contribution in [1.82, 2.24) is 4.57 Å². The number of benzene rings is 2. The number of aryl methyl sites for hydroxylation is 1. The second-order valence-electron chi connectivity index (χ2n) is 8.38. The molecule has 1 atom stereocenters. The first kappa shape index (κ1) is 25.1. The van der Waals surface area contributed by atoms with E-state index in [0.29, 0.717) is 35.9 Å². The number of esters is 1. The quantitative estimate of drug-likeness (QED) is 0.247. The van der Waals surface area contributed by atoms with Crippen LogP contribution in [-0.4, -0.2) is 35.6 Å². The Morgan fingerprint density at radius 1 is 1.08 bits per heavy atom. The smallest absolute Gasteiger partial charge is 0.416 e. The van der Waals surface area contributed by atoms with Crippen molar-refractivity contribution in [2.45, 2.75) is 32.7 Å². The van der Waals surface area contributed by atoms with Crippen LogP contribution in [0.2, 0.25) is 0 Å². The number of halogens is 3. The Morgan fingerprint density at radius 2 is 1.83 bits per heavy atom.